The summed E-state index contributed by atoms with van der Waals surface area (Å²) in [6.07, 6.45) is 1.81. The lowest BCUT2D eigenvalue weighted by atomic mass is 9.98. The Labute approximate surface area is 150 Å². The average molecular weight is 345 g/mol. The fourth-order valence-electron chi connectivity index (χ4n) is 3.26. The van der Waals surface area contributed by atoms with Crippen LogP contribution in [0.25, 0.3) is 16.6 Å². The molecule has 1 aromatic carbocycles. The molecule has 1 saturated heterocycles. The Bertz CT molecular complexity index is 1080. The molecule has 1 fully saturated rings. The second-order valence-electron chi connectivity index (χ2n) is 6.72. The first-order valence-electron chi connectivity index (χ1n) is 8.82. The van der Waals surface area contributed by atoms with E-state index in [-0.39, 0.29) is 5.92 Å². The molecule has 4 heterocycles. The van der Waals surface area contributed by atoms with Gasteiger partial charge in [0.05, 0.1) is 11.6 Å². The van der Waals surface area contributed by atoms with Crippen molar-refractivity contribution in [2.24, 2.45) is 0 Å². The fraction of sp³-hybridized carbons (Fsp3) is 0.263. The van der Waals surface area contributed by atoms with Crippen LogP contribution in [0, 0.1) is 0 Å². The number of nitrogens with zero attached hydrogens (tertiary/aromatic N) is 5. The van der Waals surface area contributed by atoms with Crippen molar-refractivity contribution in [1.82, 2.24) is 30.1 Å². The second kappa shape index (κ2) is 6.03. The van der Waals surface area contributed by atoms with Crippen LogP contribution in [0.3, 0.4) is 0 Å². The highest BCUT2D eigenvalue weighted by molar-refractivity contribution is 5.79. The molecule has 0 radical (unpaired) electrons. The van der Waals surface area contributed by atoms with Gasteiger partial charge in [-0.25, -0.2) is 0 Å². The molecule has 3 aromatic heterocycles. The molecule has 0 spiro atoms. The first-order chi connectivity index (χ1) is 12.8. The van der Waals surface area contributed by atoms with E-state index in [1.54, 1.807) is 0 Å². The third-order valence-electron chi connectivity index (χ3n) is 4.93. The number of benzene rings is 1. The molecule has 1 unspecified atom stereocenters. The molecule has 130 valence electrons. The molecular formula is C19H19N7. The lowest BCUT2D eigenvalue weighted by Crippen LogP contribution is -2.51. The van der Waals surface area contributed by atoms with E-state index in [9.17, 15) is 0 Å². The maximum atomic E-state index is 4.71. The van der Waals surface area contributed by atoms with E-state index in [2.05, 4.69) is 50.9 Å². The van der Waals surface area contributed by atoms with Crippen LogP contribution in [-0.4, -0.2) is 43.9 Å². The number of fused-ring (bicyclic) bond motifs is 2. The van der Waals surface area contributed by atoms with Crippen molar-refractivity contribution in [2.75, 3.05) is 18.4 Å². The Kier molecular flexibility index (Phi) is 3.53. The fourth-order valence-corrected chi connectivity index (χ4v) is 3.26. The summed E-state index contributed by atoms with van der Waals surface area (Å²) in [7, 11) is 0. The van der Waals surface area contributed by atoms with Gasteiger partial charge in [-0.1, -0.05) is 19.1 Å². The first-order valence-corrected chi connectivity index (χ1v) is 8.82. The highest BCUT2D eigenvalue weighted by Gasteiger charge is 2.19. The van der Waals surface area contributed by atoms with Crippen LogP contribution < -0.4 is 10.6 Å². The molecular weight excluding hydrogens is 326 g/mol. The summed E-state index contributed by atoms with van der Waals surface area (Å²) in [6, 6.07) is 14.7. The third kappa shape index (κ3) is 2.57. The smallest absolute Gasteiger partial charge is 0.178 e. The summed E-state index contributed by atoms with van der Waals surface area (Å²) < 4.78 is 1.84. The van der Waals surface area contributed by atoms with Crippen LogP contribution in [-0.2, 0) is 0 Å². The van der Waals surface area contributed by atoms with Crippen LogP contribution >= 0.6 is 0 Å². The number of hydrogen-bond donors (Lipinski definition) is 2. The maximum absolute atomic E-state index is 4.71. The zero-order valence-electron chi connectivity index (χ0n) is 14.4. The first kappa shape index (κ1) is 15.2. The van der Waals surface area contributed by atoms with Gasteiger partial charge < -0.3 is 10.6 Å². The predicted octanol–water partition coefficient (Wildman–Crippen LogP) is 2.21. The normalized spacial score (nSPS) is 15.9. The highest BCUT2D eigenvalue weighted by Crippen LogP contribution is 2.26. The molecule has 5 rings (SSSR count). The number of aromatic nitrogens is 5. The number of nitrogens with one attached hydrogen (secondary N) is 2. The van der Waals surface area contributed by atoms with E-state index < -0.39 is 0 Å². The lowest BCUT2D eigenvalue weighted by Gasteiger charge is -2.28. The topological polar surface area (TPSA) is 80.0 Å². The van der Waals surface area contributed by atoms with Gasteiger partial charge in [-0.3, -0.25) is 4.98 Å². The van der Waals surface area contributed by atoms with E-state index in [1.807, 2.05) is 35.0 Å². The lowest BCUT2D eigenvalue weighted by molar-refractivity contribution is 0.470. The summed E-state index contributed by atoms with van der Waals surface area (Å²) in [6.45, 7) is 4.07. The molecule has 7 nitrogen and oxygen atoms in total. The molecule has 0 aliphatic carbocycles. The van der Waals surface area contributed by atoms with Gasteiger partial charge in [-0.05, 0) is 35.9 Å². The number of pyridine rings is 1. The van der Waals surface area contributed by atoms with Crippen LogP contribution in [0.1, 0.15) is 24.2 Å². The molecule has 1 atom stereocenters. The molecule has 26 heavy (non-hydrogen) atoms. The van der Waals surface area contributed by atoms with Crippen molar-refractivity contribution in [3.63, 3.8) is 0 Å². The van der Waals surface area contributed by atoms with E-state index in [4.69, 9.17) is 5.10 Å². The average Bonchev–Trinajstić information content (AvgIpc) is 3.07. The summed E-state index contributed by atoms with van der Waals surface area (Å²) in [5.74, 6) is 1.75. The predicted molar refractivity (Wildman–Crippen MR) is 100 cm³/mol. The quantitative estimate of drug-likeness (QED) is 0.590. The molecule has 1 aliphatic rings. The largest absolute Gasteiger partial charge is 0.363 e. The second-order valence-corrected chi connectivity index (χ2v) is 6.72. The number of hydrogen-bond acceptors (Lipinski definition) is 6. The van der Waals surface area contributed by atoms with Crippen LogP contribution in [0.15, 0.2) is 48.7 Å². The third-order valence-corrected chi connectivity index (χ3v) is 4.93. The van der Waals surface area contributed by atoms with Crippen molar-refractivity contribution in [2.45, 2.75) is 18.9 Å². The van der Waals surface area contributed by atoms with Crippen LogP contribution in [0.2, 0.25) is 0 Å². The SMILES string of the molecule is CC(c1ccc2ncccc2c1)c1nnc2ccc(NC3CNC3)nn12. The minimum atomic E-state index is 0.0720. The van der Waals surface area contributed by atoms with Gasteiger partial charge in [0, 0.05) is 30.6 Å². The summed E-state index contributed by atoms with van der Waals surface area (Å²) in [5, 5.41) is 21.2. The van der Waals surface area contributed by atoms with Crippen molar-refractivity contribution in [3.8, 4) is 0 Å². The van der Waals surface area contributed by atoms with Gasteiger partial charge in [0.15, 0.2) is 11.5 Å². The molecule has 7 heteroatoms. The van der Waals surface area contributed by atoms with Gasteiger partial charge in [0.2, 0.25) is 0 Å². The van der Waals surface area contributed by atoms with Crippen molar-refractivity contribution < 1.29 is 0 Å². The molecule has 0 bridgehead atoms. The van der Waals surface area contributed by atoms with E-state index >= 15 is 0 Å². The number of anilines is 1. The summed E-state index contributed by atoms with van der Waals surface area (Å²) >= 11 is 0. The Balaban J connectivity index is 1.52. The molecule has 4 aromatic rings. The summed E-state index contributed by atoms with van der Waals surface area (Å²) in [4.78, 5) is 4.39. The zero-order valence-corrected chi connectivity index (χ0v) is 14.4. The highest BCUT2D eigenvalue weighted by atomic mass is 15.4. The molecule has 1 aliphatic heterocycles. The minimum absolute atomic E-state index is 0.0720. The minimum Gasteiger partial charge on any atom is -0.363 e. The Hall–Kier alpha value is -3.06. The Morgan fingerprint density at radius 1 is 1.15 bits per heavy atom. The van der Waals surface area contributed by atoms with Crippen LogP contribution in [0.5, 0.6) is 0 Å². The maximum Gasteiger partial charge on any atom is 0.178 e. The molecule has 2 N–H and O–H groups in total. The zero-order chi connectivity index (χ0) is 17.5. The van der Waals surface area contributed by atoms with Crippen molar-refractivity contribution in [3.05, 3.63) is 60.0 Å². The monoisotopic (exact) mass is 345 g/mol. The van der Waals surface area contributed by atoms with Crippen molar-refractivity contribution in [1.29, 1.82) is 0 Å². The van der Waals surface area contributed by atoms with Gasteiger partial charge in [-0.2, -0.15) is 4.52 Å². The van der Waals surface area contributed by atoms with Gasteiger partial charge >= 0.3 is 0 Å². The Morgan fingerprint density at radius 2 is 2.08 bits per heavy atom. The van der Waals surface area contributed by atoms with Gasteiger partial charge in [0.1, 0.15) is 5.82 Å². The number of rotatable bonds is 4. The standard InChI is InChI=1S/C19H19N7/c1-12(13-4-5-16-14(9-13)3-2-8-21-16)19-24-23-18-7-6-17(25-26(18)19)22-15-10-20-11-15/h2-9,12,15,20H,10-11H2,1H3,(H,22,25). The molecule has 0 saturated carbocycles. The van der Waals surface area contributed by atoms with E-state index in [0.717, 1.165) is 41.3 Å². The van der Waals surface area contributed by atoms with E-state index in [1.165, 1.54) is 5.56 Å². The van der Waals surface area contributed by atoms with Gasteiger partial charge in [-0.15, -0.1) is 15.3 Å². The Morgan fingerprint density at radius 3 is 2.92 bits per heavy atom. The van der Waals surface area contributed by atoms with E-state index in [0.29, 0.717) is 6.04 Å². The molecule has 0 amide bonds. The summed E-state index contributed by atoms with van der Waals surface area (Å²) in [5.41, 5.74) is 2.92. The van der Waals surface area contributed by atoms with Crippen LogP contribution in [0.4, 0.5) is 5.82 Å². The van der Waals surface area contributed by atoms with Gasteiger partial charge in [0.25, 0.3) is 0 Å². The van der Waals surface area contributed by atoms with Crippen molar-refractivity contribution >= 4 is 22.4 Å².